The third-order valence-corrected chi connectivity index (χ3v) is 8.30. The molecule has 0 saturated carbocycles. The summed E-state index contributed by atoms with van der Waals surface area (Å²) >= 11 is 0. The number of likely N-dealkylation sites (tertiary alicyclic amines) is 2. The summed E-state index contributed by atoms with van der Waals surface area (Å²) in [7, 11) is 3.17. The lowest BCUT2D eigenvalue weighted by Gasteiger charge is -2.41. The third-order valence-electron chi connectivity index (χ3n) is 8.30. The Morgan fingerprint density at radius 1 is 1.14 bits per heavy atom. The molecule has 1 spiro atoms. The monoisotopic (exact) mass is 503 g/mol. The number of alkyl carbamates (subject to hydrolysis) is 1. The first-order valence-electron chi connectivity index (χ1n) is 12.8. The number of piperidine rings is 1. The van der Waals surface area contributed by atoms with Gasteiger partial charge in [-0.15, -0.1) is 0 Å². The molecule has 4 rings (SSSR count). The van der Waals surface area contributed by atoms with Crippen LogP contribution in [0.1, 0.15) is 32.6 Å². The summed E-state index contributed by atoms with van der Waals surface area (Å²) in [5, 5.41) is 2.43. The van der Waals surface area contributed by atoms with Gasteiger partial charge in [0.05, 0.1) is 12.5 Å². The Bertz CT molecular complexity index is 950. The minimum absolute atomic E-state index is 0.0945. The molecule has 0 aliphatic carbocycles. The number of piperazine rings is 1. The van der Waals surface area contributed by atoms with E-state index in [1.165, 1.54) is 19.2 Å². The van der Waals surface area contributed by atoms with Crippen molar-refractivity contribution in [2.45, 2.75) is 44.7 Å². The number of amides is 3. The zero-order valence-corrected chi connectivity index (χ0v) is 21.5. The normalized spacial score (nSPS) is 24.3. The van der Waals surface area contributed by atoms with E-state index in [2.05, 4.69) is 26.8 Å². The number of nitrogens with zero attached hydrogens (tertiary/aromatic N) is 4. The lowest BCUT2D eigenvalue weighted by atomic mass is 9.75. The van der Waals surface area contributed by atoms with Crippen LogP contribution in [0.5, 0.6) is 0 Å². The van der Waals surface area contributed by atoms with Crippen LogP contribution in [0.25, 0.3) is 0 Å². The van der Waals surface area contributed by atoms with Gasteiger partial charge in [-0.2, -0.15) is 0 Å². The molecule has 1 aromatic carbocycles. The van der Waals surface area contributed by atoms with E-state index in [-0.39, 0.29) is 30.2 Å². The number of nitrogens with one attached hydrogen (secondary N) is 1. The number of anilines is 1. The van der Waals surface area contributed by atoms with Crippen molar-refractivity contribution in [3.8, 4) is 0 Å². The van der Waals surface area contributed by atoms with Gasteiger partial charge in [-0.3, -0.25) is 14.5 Å². The van der Waals surface area contributed by atoms with Gasteiger partial charge in [0.2, 0.25) is 11.8 Å². The second-order valence-corrected chi connectivity index (χ2v) is 10.4. The van der Waals surface area contributed by atoms with E-state index in [0.717, 1.165) is 44.7 Å². The fraction of sp³-hybridized carbons (Fsp3) is 0.654. The molecule has 1 N–H and O–H groups in total. The predicted molar refractivity (Wildman–Crippen MR) is 134 cm³/mol. The second kappa shape index (κ2) is 11.0. The molecule has 1 aromatic rings. The van der Waals surface area contributed by atoms with Crippen molar-refractivity contribution in [2.75, 3.05) is 64.9 Å². The van der Waals surface area contributed by atoms with E-state index in [9.17, 15) is 18.8 Å². The summed E-state index contributed by atoms with van der Waals surface area (Å²) in [6.07, 6.45) is 2.44. The van der Waals surface area contributed by atoms with Crippen LogP contribution in [-0.2, 0) is 14.3 Å². The molecule has 10 heteroatoms. The molecule has 3 saturated heterocycles. The van der Waals surface area contributed by atoms with Crippen molar-refractivity contribution in [1.29, 1.82) is 0 Å². The Labute approximate surface area is 212 Å². The van der Waals surface area contributed by atoms with Gasteiger partial charge in [0, 0.05) is 64.1 Å². The van der Waals surface area contributed by atoms with Gasteiger partial charge in [-0.1, -0.05) is 0 Å². The van der Waals surface area contributed by atoms with Gasteiger partial charge >= 0.3 is 6.09 Å². The molecule has 3 amide bonds. The highest BCUT2D eigenvalue weighted by Gasteiger charge is 2.51. The van der Waals surface area contributed by atoms with Crippen LogP contribution >= 0.6 is 0 Å². The maximum atomic E-state index is 13.3. The van der Waals surface area contributed by atoms with Gasteiger partial charge in [0.15, 0.2) is 0 Å². The van der Waals surface area contributed by atoms with Crippen LogP contribution in [0.15, 0.2) is 24.3 Å². The molecule has 3 aliphatic heterocycles. The molecule has 0 aromatic heterocycles. The maximum absolute atomic E-state index is 13.3. The van der Waals surface area contributed by atoms with Crippen LogP contribution in [0.2, 0.25) is 0 Å². The highest BCUT2D eigenvalue weighted by atomic mass is 19.1. The van der Waals surface area contributed by atoms with Gasteiger partial charge in [-0.25, -0.2) is 9.18 Å². The summed E-state index contributed by atoms with van der Waals surface area (Å²) in [6, 6.07) is 7.26. The van der Waals surface area contributed by atoms with Gasteiger partial charge < -0.3 is 24.8 Å². The van der Waals surface area contributed by atoms with Gasteiger partial charge in [0.1, 0.15) is 12.4 Å². The second-order valence-electron chi connectivity index (χ2n) is 10.4. The zero-order chi connectivity index (χ0) is 25.9. The van der Waals surface area contributed by atoms with Crippen LogP contribution < -0.4 is 10.2 Å². The first-order chi connectivity index (χ1) is 17.2. The van der Waals surface area contributed by atoms with Crippen molar-refractivity contribution in [3.05, 3.63) is 30.1 Å². The number of benzene rings is 1. The average molecular weight is 504 g/mol. The molecule has 2 atom stereocenters. The Morgan fingerprint density at radius 3 is 2.47 bits per heavy atom. The summed E-state index contributed by atoms with van der Waals surface area (Å²) in [4.78, 5) is 45.3. The largest absolute Gasteiger partial charge is 0.453 e. The first kappa shape index (κ1) is 26.2. The smallest absolute Gasteiger partial charge is 0.407 e. The number of carbonyl (C=O) groups is 3. The molecule has 198 valence electrons. The fourth-order valence-electron chi connectivity index (χ4n) is 5.97. The van der Waals surface area contributed by atoms with Crippen LogP contribution in [0, 0.1) is 11.2 Å². The minimum Gasteiger partial charge on any atom is -0.453 e. The molecule has 0 unspecified atom stereocenters. The Morgan fingerprint density at radius 2 is 1.83 bits per heavy atom. The number of halogens is 1. The van der Waals surface area contributed by atoms with E-state index >= 15 is 0 Å². The number of ether oxygens (including phenoxy) is 1. The van der Waals surface area contributed by atoms with Crippen LogP contribution in [0.3, 0.4) is 0 Å². The standard InChI is InChI=1S/C26H38FN5O4/c1-19-18-32(21-6-4-20(27)5-7-21)15-14-30(19)11-8-22-16-26(24(34)29(22)2)9-12-31(13-10-26)23(33)17-28-25(35)36-3/h4-7,19,22H,8-18H2,1-3H3,(H,28,35)/t19-,22+/m1/s1. The van der Waals surface area contributed by atoms with E-state index in [1.807, 2.05) is 24.1 Å². The summed E-state index contributed by atoms with van der Waals surface area (Å²) in [5.41, 5.74) is 0.663. The Hall–Kier alpha value is -2.88. The van der Waals surface area contributed by atoms with Crippen molar-refractivity contribution in [3.63, 3.8) is 0 Å². The lowest BCUT2D eigenvalue weighted by molar-refractivity contribution is -0.141. The minimum atomic E-state index is -0.626. The summed E-state index contributed by atoms with van der Waals surface area (Å²) < 4.78 is 17.8. The SMILES string of the molecule is COC(=O)NCC(=O)N1CCC2(CC1)C[C@H](CCN1CCN(c3ccc(F)cc3)C[C@H]1C)N(C)C2=O. The van der Waals surface area contributed by atoms with Crippen molar-refractivity contribution in [2.24, 2.45) is 5.41 Å². The lowest BCUT2D eigenvalue weighted by Crippen LogP contribution is -2.52. The third kappa shape index (κ3) is 5.58. The summed E-state index contributed by atoms with van der Waals surface area (Å²) in [6.45, 7) is 6.83. The molecule has 0 radical (unpaired) electrons. The summed E-state index contributed by atoms with van der Waals surface area (Å²) in [5.74, 6) is -0.174. The Balaban J connectivity index is 1.25. The molecule has 3 fully saturated rings. The molecule has 0 bridgehead atoms. The molecule has 9 nitrogen and oxygen atoms in total. The van der Waals surface area contributed by atoms with Crippen molar-refractivity contribution in [1.82, 2.24) is 20.0 Å². The molecule has 3 aliphatic rings. The number of hydrogen-bond donors (Lipinski definition) is 1. The van der Waals surface area contributed by atoms with Crippen LogP contribution in [0.4, 0.5) is 14.9 Å². The van der Waals surface area contributed by atoms with Gasteiger partial charge in [0.25, 0.3) is 0 Å². The Kier molecular flexibility index (Phi) is 8.02. The van der Waals surface area contributed by atoms with E-state index in [0.29, 0.717) is 32.0 Å². The molecular weight excluding hydrogens is 465 g/mol. The fourth-order valence-corrected chi connectivity index (χ4v) is 5.97. The highest BCUT2D eigenvalue weighted by molar-refractivity contribution is 5.86. The average Bonchev–Trinajstić information content (AvgIpc) is 3.11. The topological polar surface area (TPSA) is 85.4 Å². The van der Waals surface area contributed by atoms with Crippen molar-refractivity contribution < 1.29 is 23.5 Å². The van der Waals surface area contributed by atoms with E-state index in [4.69, 9.17) is 0 Å². The van der Waals surface area contributed by atoms with Crippen molar-refractivity contribution >= 4 is 23.6 Å². The number of rotatable bonds is 6. The van der Waals surface area contributed by atoms with E-state index in [1.54, 1.807) is 4.90 Å². The molecular formula is C26H38FN5O4. The first-order valence-corrected chi connectivity index (χ1v) is 12.8. The molecule has 3 heterocycles. The zero-order valence-electron chi connectivity index (χ0n) is 21.5. The quantitative estimate of drug-likeness (QED) is 0.639. The predicted octanol–water partition coefficient (Wildman–Crippen LogP) is 1.92. The van der Waals surface area contributed by atoms with Crippen LogP contribution in [-0.4, -0.2) is 105 Å². The number of hydrogen-bond acceptors (Lipinski definition) is 6. The molecule has 36 heavy (non-hydrogen) atoms. The number of methoxy groups -OCH3 is 1. The highest BCUT2D eigenvalue weighted by Crippen LogP contribution is 2.44. The number of carbonyl (C=O) groups excluding carboxylic acids is 3. The maximum Gasteiger partial charge on any atom is 0.407 e. The van der Waals surface area contributed by atoms with Gasteiger partial charge in [-0.05, 0) is 56.9 Å². The van der Waals surface area contributed by atoms with E-state index < -0.39 is 11.5 Å².